The van der Waals surface area contributed by atoms with Gasteiger partial charge < -0.3 is 10.6 Å². The Bertz CT molecular complexity index is 1080. The zero-order valence-corrected chi connectivity index (χ0v) is 19.3. The monoisotopic (exact) mass is 452 g/mol. The zero-order valence-electron chi connectivity index (χ0n) is 17.7. The molecule has 0 aromatic heterocycles. The van der Waals surface area contributed by atoms with Crippen molar-refractivity contribution in [3.8, 4) is 0 Å². The Hall–Kier alpha value is -2.76. The lowest BCUT2D eigenvalue weighted by Crippen LogP contribution is -2.25. The van der Waals surface area contributed by atoms with Crippen LogP contribution in [-0.2, 0) is 4.79 Å². The second kappa shape index (κ2) is 10.5. The van der Waals surface area contributed by atoms with E-state index >= 15 is 0 Å². The third-order valence-electron chi connectivity index (χ3n) is 4.85. The van der Waals surface area contributed by atoms with Crippen LogP contribution in [0.4, 0.5) is 11.4 Å². The lowest BCUT2D eigenvalue weighted by Gasteiger charge is -2.17. The van der Waals surface area contributed by atoms with Gasteiger partial charge in [-0.15, -0.1) is 11.8 Å². The van der Waals surface area contributed by atoms with E-state index in [1.165, 1.54) is 11.8 Å². The SMILES string of the molecule is CCC(Sc1cccc(NC(=O)c2cccc(Cl)c2)c1)C(=O)Nc1c(C)cccc1C. The number of aryl methyl sites for hydroxylation is 2. The summed E-state index contributed by atoms with van der Waals surface area (Å²) in [4.78, 5) is 26.3. The highest BCUT2D eigenvalue weighted by molar-refractivity contribution is 8.00. The molecule has 3 rings (SSSR count). The Morgan fingerprint density at radius 1 is 0.935 bits per heavy atom. The van der Waals surface area contributed by atoms with E-state index in [1.54, 1.807) is 24.3 Å². The molecule has 0 bridgehead atoms. The van der Waals surface area contributed by atoms with Crippen LogP contribution >= 0.6 is 23.4 Å². The van der Waals surface area contributed by atoms with E-state index in [-0.39, 0.29) is 17.1 Å². The molecule has 0 fully saturated rings. The van der Waals surface area contributed by atoms with E-state index in [4.69, 9.17) is 11.6 Å². The fourth-order valence-electron chi connectivity index (χ4n) is 3.18. The van der Waals surface area contributed by atoms with Crippen LogP contribution in [0.15, 0.2) is 71.6 Å². The summed E-state index contributed by atoms with van der Waals surface area (Å²) in [6.07, 6.45) is 0.681. The first-order valence-electron chi connectivity index (χ1n) is 10.1. The zero-order chi connectivity index (χ0) is 22.4. The molecule has 6 heteroatoms. The number of carbonyl (C=O) groups excluding carboxylic acids is 2. The number of hydrogen-bond donors (Lipinski definition) is 2. The molecule has 0 aliphatic rings. The summed E-state index contributed by atoms with van der Waals surface area (Å²) < 4.78 is 0. The molecule has 0 heterocycles. The van der Waals surface area contributed by atoms with Gasteiger partial charge in [0.2, 0.25) is 5.91 Å². The smallest absolute Gasteiger partial charge is 0.255 e. The van der Waals surface area contributed by atoms with Gasteiger partial charge in [-0.3, -0.25) is 9.59 Å². The third kappa shape index (κ3) is 6.12. The van der Waals surface area contributed by atoms with Crippen molar-refractivity contribution in [2.75, 3.05) is 10.6 Å². The normalized spacial score (nSPS) is 11.6. The van der Waals surface area contributed by atoms with E-state index in [0.29, 0.717) is 22.7 Å². The lowest BCUT2D eigenvalue weighted by atomic mass is 10.1. The molecular formula is C25H25ClN2O2S. The van der Waals surface area contributed by atoms with Crippen LogP contribution in [0.5, 0.6) is 0 Å². The van der Waals surface area contributed by atoms with Gasteiger partial charge in [-0.1, -0.05) is 48.9 Å². The average molecular weight is 453 g/mol. The maximum Gasteiger partial charge on any atom is 0.255 e. The number of halogens is 1. The van der Waals surface area contributed by atoms with Gasteiger partial charge in [-0.05, 0) is 67.8 Å². The van der Waals surface area contributed by atoms with Crippen LogP contribution in [0.3, 0.4) is 0 Å². The van der Waals surface area contributed by atoms with Crippen molar-refractivity contribution in [1.29, 1.82) is 0 Å². The van der Waals surface area contributed by atoms with Gasteiger partial charge in [-0.2, -0.15) is 0 Å². The van der Waals surface area contributed by atoms with Crippen LogP contribution in [0, 0.1) is 13.8 Å². The van der Waals surface area contributed by atoms with Gasteiger partial charge in [0.15, 0.2) is 0 Å². The maximum absolute atomic E-state index is 12.9. The van der Waals surface area contributed by atoms with E-state index in [2.05, 4.69) is 10.6 Å². The molecule has 2 N–H and O–H groups in total. The molecule has 0 saturated carbocycles. The quantitative estimate of drug-likeness (QED) is 0.391. The summed E-state index contributed by atoms with van der Waals surface area (Å²) in [5, 5.41) is 6.23. The topological polar surface area (TPSA) is 58.2 Å². The fourth-order valence-corrected chi connectivity index (χ4v) is 4.39. The molecule has 0 aliphatic heterocycles. The van der Waals surface area contributed by atoms with Crippen molar-refractivity contribution in [2.45, 2.75) is 37.3 Å². The van der Waals surface area contributed by atoms with Gasteiger partial charge in [0.05, 0.1) is 5.25 Å². The fraction of sp³-hybridized carbons (Fsp3) is 0.200. The molecule has 1 atom stereocenters. The first kappa shape index (κ1) is 22.9. The predicted molar refractivity (Wildman–Crippen MR) is 130 cm³/mol. The molecule has 31 heavy (non-hydrogen) atoms. The molecule has 0 radical (unpaired) electrons. The minimum atomic E-state index is -0.252. The molecule has 3 aromatic carbocycles. The molecule has 3 aromatic rings. The minimum absolute atomic E-state index is 0.0294. The van der Waals surface area contributed by atoms with Crippen molar-refractivity contribution < 1.29 is 9.59 Å². The molecular weight excluding hydrogens is 428 g/mol. The number of benzene rings is 3. The van der Waals surface area contributed by atoms with Gasteiger partial charge in [0.25, 0.3) is 5.91 Å². The molecule has 160 valence electrons. The first-order chi connectivity index (χ1) is 14.9. The van der Waals surface area contributed by atoms with Crippen molar-refractivity contribution in [3.63, 3.8) is 0 Å². The summed E-state index contributed by atoms with van der Waals surface area (Å²) in [7, 11) is 0. The summed E-state index contributed by atoms with van der Waals surface area (Å²) in [6, 6.07) is 20.3. The number of rotatable bonds is 7. The van der Waals surface area contributed by atoms with Crippen molar-refractivity contribution in [1.82, 2.24) is 0 Å². The van der Waals surface area contributed by atoms with Crippen LogP contribution in [0.1, 0.15) is 34.8 Å². The summed E-state index contributed by atoms with van der Waals surface area (Å²) in [5.74, 6) is -0.261. The Balaban J connectivity index is 1.69. The first-order valence-corrected chi connectivity index (χ1v) is 11.3. The van der Waals surface area contributed by atoms with Gasteiger partial charge >= 0.3 is 0 Å². The Kier molecular flexibility index (Phi) is 7.77. The van der Waals surface area contributed by atoms with Crippen LogP contribution in [0.2, 0.25) is 5.02 Å². The summed E-state index contributed by atoms with van der Waals surface area (Å²) in [5.41, 5.74) is 4.11. The molecule has 2 amide bonds. The Morgan fingerprint density at radius 3 is 2.29 bits per heavy atom. The van der Waals surface area contributed by atoms with Crippen LogP contribution < -0.4 is 10.6 Å². The van der Waals surface area contributed by atoms with E-state index < -0.39 is 0 Å². The van der Waals surface area contributed by atoms with Gasteiger partial charge in [0.1, 0.15) is 0 Å². The van der Waals surface area contributed by atoms with Gasteiger partial charge in [0, 0.05) is 26.9 Å². The van der Waals surface area contributed by atoms with E-state index in [1.807, 2.05) is 63.2 Å². The number of hydrogen-bond acceptors (Lipinski definition) is 3. The number of anilines is 2. The third-order valence-corrected chi connectivity index (χ3v) is 6.44. The largest absolute Gasteiger partial charge is 0.325 e. The summed E-state index contributed by atoms with van der Waals surface area (Å²) >= 11 is 7.46. The second-order valence-electron chi connectivity index (χ2n) is 7.26. The Labute approximate surface area is 192 Å². The van der Waals surface area contributed by atoms with Gasteiger partial charge in [-0.25, -0.2) is 0 Å². The average Bonchev–Trinajstić information content (AvgIpc) is 2.75. The molecule has 1 unspecified atom stereocenters. The highest BCUT2D eigenvalue weighted by Gasteiger charge is 2.19. The highest BCUT2D eigenvalue weighted by atomic mass is 35.5. The number of para-hydroxylation sites is 1. The standard InChI is InChI=1S/C25H25ClN2O2S/c1-4-22(25(30)28-23-16(2)8-5-9-17(23)3)31-21-13-7-12-20(15-21)27-24(29)18-10-6-11-19(26)14-18/h5-15,22H,4H2,1-3H3,(H,27,29)(H,28,30). The maximum atomic E-state index is 12.9. The molecule has 0 aliphatic carbocycles. The van der Waals surface area contributed by atoms with Crippen LogP contribution in [-0.4, -0.2) is 17.1 Å². The van der Waals surface area contributed by atoms with Crippen molar-refractivity contribution >= 4 is 46.6 Å². The number of thioether (sulfide) groups is 1. The Morgan fingerprint density at radius 2 is 1.61 bits per heavy atom. The predicted octanol–water partition coefficient (Wildman–Crippen LogP) is 6.72. The number of amides is 2. The second-order valence-corrected chi connectivity index (χ2v) is 8.98. The van der Waals surface area contributed by atoms with Crippen LogP contribution in [0.25, 0.3) is 0 Å². The van der Waals surface area contributed by atoms with E-state index in [0.717, 1.165) is 21.7 Å². The summed E-state index contributed by atoms with van der Waals surface area (Å²) in [6.45, 7) is 5.97. The van der Waals surface area contributed by atoms with E-state index in [9.17, 15) is 9.59 Å². The number of nitrogens with one attached hydrogen (secondary N) is 2. The molecule has 4 nitrogen and oxygen atoms in total. The van der Waals surface area contributed by atoms with Crippen molar-refractivity contribution in [3.05, 3.63) is 88.4 Å². The lowest BCUT2D eigenvalue weighted by molar-refractivity contribution is -0.115. The molecule has 0 saturated heterocycles. The minimum Gasteiger partial charge on any atom is -0.325 e. The van der Waals surface area contributed by atoms with Crippen molar-refractivity contribution in [2.24, 2.45) is 0 Å². The number of carbonyl (C=O) groups is 2. The highest BCUT2D eigenvalue weighted by Crippen LogP contribution is 2.29. The molecule has 0 spiro atoms.